The fraction of sp³-hybridized carbons (Fsp3) is 0.381. The Bertz CT molecular complexity index is 950. The third-order valence-corrected chi connectivity index (χ3v) is 5.43. The Hall–Kier alpha value is -2.57. The first-order valence-electron chi connectivity index (χ1n) is 9.80. The van der Waals surface area contributed by atoms with E-state index >= 15 is 0 Å². The number of benzene rings is 2. The molecule has 6 nitrogen and oxygen atoms in total. The molecule has 27 heavy (non-hydrogen) atoms. The SMILES string of the molecule is CCN(CC)CCNc1ccc2c3c(c4cnccc4cc13)NN2CCN. The maximum absolute atomic E-state index is 5.82. The molecule has 0 saturated heterocycles. The molecule has 0 unspecified atom stereocenters. The smallest absolute Gasteiger partial charge is 0.0736 e. The summed E-state index contributed by atoms with van der Waals surface area (Å²) in [6.07, 6.45) is 3.79. The minimum Gasteiger partial charge on any atom is -0.383 e. The highest BCUT2D eigenvalue weighted by Crippen LogP contribution is 2.45. The predicted octanol–water partition coefficient (Wildman–Crippen LogP) is 3.25. The van der Waals surface area contributed by atoms with Gasteiger partial charge in [0, 0.05) is 53.9 Å². The van der Waals surface area contributed by atoms with Gasteiger partial charge in [-0.2, -0.15) is 0 Å². The van der Waals surface area contributed by atoms with Gasteiger partial charge < -0.3 is 16.0 Å². The first kappa shape index (κ1) is 17.8. The molecule has 1 aromatic heterocycles. The summed E-state index contributed by atoms with van der Waals surface area (Å²) in [5.74, 6) is 0. The van der Waals surface area contributed by atoms with Gasteiger partial charge in [-0.05, 0) is 42.7 Å². The Morgan fingerprint density at radius 1 is 1.19 bits per heavy atom. The first-order valence-corrected chi connectivity index (χ1v) is 9.80. The molecular formula is C21H28N6. The van der Waals surface area contributed by atoms with Crippen LogP contribution in [0.3, 0.4) is 0 Å². The summed E-state index contributed by atoms with van der Waals surface area (Å²) in [6.45, 7) is 9.91. The summed E-state index contributed by atoms with van der Waals surface area (Å²) in [7, 11) is 0. The molecule has 0 aliphatic carbocycles. The number of rotatable bonds is 8. The minimum atomic E-state index is 0.600. The quantitative estimate of drug-likeness (QED) is 0.533. The number of hydrogen-bond acceptors (Lipinski definition) is 6. The van der Waals surface area contributed by atoms with Crippen LogP contribution in [-0.4, -0.2) is 49.2 Å². The van der Waals surface area contributed by atoms with Gasteiger partial charge in [0.1, 0.15) is 0 Å². The van der Waals surface area contributed by atoms with Gasteiger partial charge in [0.2, 0.25) is 0 Å². The first-order chi connectivity index (χ1) is 13.3. The molecule has 3 aromatic rings. The van der Waals surface area contributed by atoms with Gasteiger partial charge >= 0.3 is 0 Å². The van der Waals surface area contributed by atoms with E-state index in [1.165, 1.54) is 27.5 Å². The van der Waals surface area contributed by atoms with Crippen LogP contribution in [0.15, 0.2) is 36.7 Å². The van der Waals surface area contributed by atoms with E-state index in [-0.39, 0.29) is 0 Å². The van der Waals surface area contributed by atoms with Crippen LogP contribution in [0.4, 0.5) is 17.1 Å². The molecule has 4 rings (SSSR count). The Labute approximate surface area is 160 Å². The summed E-state index contributed by atoms with van der Waals surface area (Å²) in [5.41, 5.74) is 12.9. The fourth-order valence-electron chi connectivity index (χ4n) is 3.94. The highest BCUT2D eigenvalue weighted by atomic mass is 15.5. The molecule has 4 N–H and O–H groups in total. The molecule has 0 amide bonds. The van der Waals surface area contributed by atoms with Crippen molar-refractivity contribution in [2.24, 2.45) is 5.73 Å². The summed E-state index contributed by atoms with van der Waals surface area (Å²) in [4.78, 5) is 6.76. The van der Waals surface area contributed by atoms with E-state index < -0.39 is 0 Å². The minimum absolute atomic E-state index is 0.600. The van der Waals surface area contributed by atoms with Crippen molar-refractivity contribution in [1.82, 2.24) is 9.88 Å². The van der Waals surface area contributed by atoms with Crippen LogP contribution in [-0.2, 0) is 0 Å². The van der Waals surface area contributed by atoms with Crippen molar-refractivity contribution in [2.75, 3.05) is 55.0 Å². The number of fused-ring (bicyclic) bond motifs is 2. The Balaban J connectivity index is 1.76. The van der Waals surface area contributed by atoms with Crippen molar-refractivity contribution in [1.29, 1.82) is 0 Å². The molecule has 0 fully saturated rings. The molecule has 0 saturated carbocycles. The number of likely N-dealkylation sites (N-methyl/N-ethyl adjacent to an activating group) is 1. The van der Waals surface area contributed by atoms with Crippen LogP contribution in [0.1, 0.15) is 13.8 Å². The van der Waals surface area contributed by atoms with Crippen LogP contribution in [0.5, 0.6) is 0 Å². The lowest BCUT2D eigenvalue weighted by atomic mass is 10.0. The maximum Gasteiger partial charge on any atom is 0.0736 e. The molecule has 2 aromatic carbocycles. The van der Waals surface area contributed by atoms with E-state index in [2.05, 4.69) is 63.7 Å². The molecule has 142 valence electrons. The van der Waals surface area contributed by atoms with E-state index in [1.54, 1.807) is 0 Å². The van der Waals surface area contributed by atoms with Gasteiger partial charge in [-0.25, -0.2) is 0 Å². The molecular weight excluding hydrogens is 336 g/mol. The summed E-state index contributed by atoms with van der Waals surface area (Å²) in [5, 5.41) is 10.6. The number of nitrogens with one attached hydrogen (secondary N) is 2. The van der Waals surface area contributed by atoms with Crippen molar-refractivity contribution in [3.05, 3.63) is 36.7 Å². The van der Waals surface area contributed by atoms with Crippen LogP contribution in [0.2, 0.25) is 0 Å². The van der Waals surface area contributed by atoms with Crippen molar-refractivity contribution in [3.8, 4) is 0 Å². The van der Waals surface area contributed by atoms with Crippen molar-refractivity contribution in [2.45, 2.75) is 13.8 Å². The van der Waals surface area contributed by atoms with E-state index in [0.29, 0.717) is 6.54 Å². The zero-order valence-corrected chi connectivity index (χ0v) is 16.1. The lowest BCUT2D eigenvalue weighted by molar-refractivity contribution is 0.316. The molecule has 6 heteroatoms. The molecule has 0 spiro atoms. The monoisotopic (exact) mass is 364 g/mol. The molecule has 0 atom stereocenters. The van der Waals surface area contributed by atoms with Crippen molar-refractivity contribution >= 4 is 38.6 Å². The Morgan fingerprint density at radius 3 is 2.81 bits per heavy atom. The molecule has 0 radical (unpaired) electrons. The maximum atomic E-state index is 5.82. The highest BCUT2D eigenvalue weighted by molar-refractivity contribution is 6.21. The number of nitrogens with two attached hydrogens (primary N) is 1. The average Bonchev–Trinajstić information content (AvgIpc) is 3.07. The predicted molar refractivity (Wildman–Crippen MR) is 116 cm³/mol. The van der Waals surface area contributed by atoms with Gasteiger partial charge in [0.25, 0.3) is 0 Å². The van der Waals surface area contributed by atoms with Crippen molar-refractivity contribution < 1.29 is 0 Å². The van der Waals surface area contributed by atoms with E-state index in [0.717, 1.165) is 43.8 Å². The lowest BCUT2D eigenvalue weighted by Crippen LogP contribution is -2.31. The molecule has 2 heterocycles. The number of anilines is 3. The number of hydrazine groups is 1. The summed E-state index contributed by atoms with van der Waals surface area (Å²) < 4.78 is 0. The van der Waals surface area contributed by atoms with Gasteiger partial charge in [-0.3, -0.25) is 15.4 Å². The lowest BCUT2D eigenvalue weighted by Gasteiger charge is -2.20. The highest BCUT2D eigenvalue weighted by Gasteiger charge is 2.24. The van der Waals surface area contributed by atoms with Crippen LogP contribution >= 0.6 is 0 Å². The van der Waals surface area contributed by atoms with Crippen LogP contribution in [0, 0.1) is 0 Å². The third-order valence-electron chi connectivity index (χ3n) is 5.43. The van der Waals surface area contributed by atoms with E-state index in [9.17, 15) is 0 Å². The van der Waals surface area contributed by atoms with Gasteiger partial charge in [-0.1, -0.05) is 13.8 Å². The summed E-state index contributed by atoms with van der Waals surface area (Å²) in [6, 6.07) is 8.72. The number of aromatic nitrogens is 1. The summed E-state index contributed by atoms with van der Waals surface area (Å²) >= 11 is 0. The largest absolute Gasteiger partial charge is 0.383 e. The van der Waals surface area contributed by atoms with Gasteiger partial charge in [0.15, 0.2) is 0 Å². The Kier molecular flexibility index (Phi) is 5.01. The third kappa shape index (κ3) is 3.15. The molecule has 1 aliphatic heterocycles. The number of nitrogens with zero attached hydrogens (tertiary/aromatic N) is 3. The van der Waals surface area contributed by atoms with Gasteiger partial charge in [0.05, 0.1) is 17.9 Å². The van der Waals surface area contributed by atoms with Crippen molar-refractivity contribution in [3.63, 3.8) is 0 Å². The number of pyridine rings is 1. The fourth-order valence-corrected chi connectivity index (χ4v) is 3.94. The zero-order valence-electron chi connectivity index (χ0n) is 16.1. The number of hydrogen-bond donors (Lipinski definition) is 3. The average molecular weight is 364 g/mol. The molecule has 1 aliphatic rings. The second-order valence-corrected chi connectivity index (χ2v) is 6.91. The van der Waals surface area contributed by atoms with E-state index in [4.69, 9.17) is 5.73 Å². The van der Waals surface area contributed by atoms with E-state index in [1.807, 2.05) is 12.4 Å². The topological polar surface area (TPSA) is 69.5 Å². The standard InChI is InChI=1S/C21H28N6/c1-3-26(4-2)12-10-24-18-5-6-19-20-16(18)13-15-7-9-23-14-17(15)21(20)25-27(19)11-8-22/h5-7,9,13-14,24-25H,3-4,8,10-12,22H2,1-2H3. The second kappa shape index (κ2) is 7.58. The zero-order chi connectivity index (χ0) is 18.8. The molecule has 0 bridgehead atoms. The normalized spacial score (nSPS) is 13.0. The van der Waals surface area contributed by atoms with Crippen LogP contribution < -0.4 is 21.5 Å². The van der Waals surface area contributed by atoms with Crippen LogP contribution in [0.25, 0.3) is 21.5 Å². The second-order valence-electron chi connectivity index (χ2n) is 6.91. The van der Waals surface area contributed by atoms with Gasteiger partial charge in [-0.15, -0.1) is 0 Å². The Morgan fingerprint density at radius 2 is 2.04 bits per heavy atom.